The van der Waals surface area contributed by atoms with Crippen LogP contribution in [0.15, 0.2) is 24.3 Å². The largest absolute Gasteiger partial charge is 1.00 e. The van der Waals surface area contributed by atoms with Gasteiger partial charge in [-0.25, -0.2) is 9.97 Å². The molecule has 0 aliphatic carbocycles. The number of nitrogens with one attached hydrogen (secondary N) is 1. The van der Waals surface area contributed by atoms with Gasteiger partial charge in [0.1, 0.15) is 0 Å². The van der Waals surface area contributed by atoms with Gasteiger partial charge in [-0.3, -0.25) is 0 Å². The van der Waals surface area contributed by atoms with E-state index in [1.165, 1.54) is 0 Å². The SMILES string of the molecule is Cc1cc(C)nc(Nc2ccc(Cl)cc2C)n1.[Cl-]. The van der Waals surface area contributed by atoms with Crippen LogP contribution in [-0.2, 0) is 0 Å². The lowest BCUT2D eigenvalue weighted by Crippen LogP contribution is -3.00. The third-order valence-electron chi connectivity index (χ3n) is 2.42. The number of anilines is 2. The molecule has 5 heteroatoms. The first-order valence-corrected chi connectivity index (χ1v) is 5.78. The molecule has 0 amide bonds. The maximum absolute atomic E-state index is 5.91. The van der Waals surface area contributed by atoms with Crippen molar-refractivity contribution in [3.63, 3.8) is 0 Å². The fraction of sp³-hybridized carbons (Fsp3) is 0.231. The normalized spacial score (nSPS) is 9.78. The molecule has 2 aromatic rings. The second-order valence-electron chi connectivity index (χ2n) is 4.06. The smallest absolute Gasteiger partial charge is 0.227 e. The number of nitrogens with zero attached hydrogens (tertiary/aromatic N) is 2. The Hall–Kier alpha value is -1.32. The summed E-state index contributed by atoms with van der Waals surface area (Å²) >= 11 is 5.91. The summed E-state index contributed by atoms with van der Waals surface area (Å²) in [5, 5.41) is 3.93. The van der Waals surface area contributed by atoms with Gasteiger partial charge in [0, 0.05) is 22.1 Å². The van der Waals surface area contributed by atoms with Crippen molar-refractivity contribution in [3.05, 3.63) is 46.2 Å². The first-order chi connectivity index (χ1) is 8.04. The Kier molecular flexibility index (Phi) is 4.93. The fourth-order valence-electron chi connectivity index (χ4n) is 1.67. The summed E-state index contributed by atoms with van der Waals surface area (Å²) in [6, 6.07) is 7.63. The van der Waals surface area contributed by atoms with Crippen LogP contribution >= 0.6 is 11.6 Å². The lowest BCUT2D eigenvalue weighted by atomic mass is 10.2. The summed E-state index contributed by atoms with van der Waals surface area (Å²) in [5.74, 6) is 0.618. The number of halogens is 2. The molecule has 0 atom stereocenters. The van der Waals surface area contributed by atoms with Crippen LogP contribution in [0.25, 0.3) is 0 Å². The number of rotatable bonds is 2. The number of benzene rings is 1. The van der Waals surface area contributed by atoms with E-state index in [0.29, 0.717) is 5.95 Å². The third-order valence-corrected chi connectivity index (χ3v) is 2.65. The number of hydrogen-bond donors (Lipinski definition) is 1. The highest BCUT2D eigenvalue weighted by Gasteiger charge is 2.03. The number of aryl methyl sites for hydroxylation is 3. The molecule has 0 fully saturated rings. The molecule has 96 valence electrons. The summed E-state index contributed by atoms with van der Waals surface area (Å²) < 4.78 is 0. The minimum atomic E-state index is 0. The maximum Gasteiger partial charge on any atom is 0.227 e. The molecule has 18 heavy (non-hydrogen) atoms. The Morgan fingerprint density at radius 2 is 1.61 bits per heavy atom. The van der Waals surface area contributed by atoms with Gasteiger partial charge in [-0.2, -0.15) is 0 Å². The van der Waals surface area contributed by atoms with E-state index in [2.05, 4.69) is 15.3 Å². The fourth-order valence-corrected chi connectivity index (χ4v) is 1.90. The second-order valence-corrected chi connectivity index (χ2v) is 4.49. The van der Waals surface area contributed by atoms with Gasteiger partial charge in [-0.15, -0.1) is 0 Å². The summed E-state index contributed by atoms with van der Waals surface area (Å²) in [4.78, 5) is 8.68. The molecular formula is C13H14Cl2N3-. The van der Waals surface area contributed by atoms with Crippen LogP contribution < -0.4 is 17.7 Å². The zero-order valence-electron chi connectivity index (χ0n) is 10.5. The molecule has 1 N–H and O–H groups in total. The van der Waals surface area contributed by atoms with Crippen LogP contribution in [0.5, 0.6) is 0 Å². The zero-order valence-corrected chi connectivity index (χ0v) is 12.0. The molecule has 0 radical (unpaired) electrons. The van der Waals surface area contributed by atoms with E-state index < -0.39 is 0 Å². The molecule has 0 aliphatic rings. The van der Waals surface area contributed by atoms with Crippen molar-refractivity contribution in [1.82, 2.24) is 9.97 Å². The molecule has 0 bridgehead atoms. The van der Waals surface area contributed by atoms with Gasteiger partial charge in [-0.1, -0.05) is 11.6 Å². The highest BCUT2D eigenvalue weighted by Crippen LogP contribution is 2.22. The molecule has 1 aromatic carbocycles. The monoisotopic (exact) mass is 282 g/mol. The molecule has 0 saturated heterocycles. The van der Waals surface area contributed by atoms with Crippen molar-refractivity contribution in [2.24, 2.45) is 0 Å². The molecule has 0 unspecified atom stereocenters. The summed E-state index contributed by atoms with van der Waals surface area (Å²) in [5.41, 5.74) is 3.94. The highest BCUT2D eigenvalue weighted by atomic mass is 35.5. The topological polar surface area (TPSA) is 37.8 Å². The zero-order chi connectivity index (χ0) is 12.4. The first kappa shape index (κ1) is 14.7. The van der Waals surface area contributed by atoms with Crippen molar-refractivity contribution in [2.75, 3.05) is 5.32 Å². The van der Waals surface area contributed by atoms with Crippen LogP contribution in [0.2, 0.25) is 5.02 Å². The maximum atomic E-state index is 5.91. The third kappa shape index (κ3) is 3.59. The van der Waals surface area contributed by atoms with Crippen LogP contribution in [0.3, 0.4) is 0 Å². The summed E-state index contributed by atoms with van der Waals surface area (Å²) in [6.45, 7) is 5.90. The van der Waals surface area contributed by atoms with Crippen molar-refractivity contribution >= 4 is 23.2 Å². The van der Waals surface area contributed by atoms with Gasteiger partial charge < -0.3 is 17.7 Å². The number of hydrogen-bond acceptors (Lipinski definition) is 3. The Labute approximate surface area is 118 Å². The average molecular weight is 283 g/mol. The van der Waals surface area contributed by atoms with Gasteiger partial charge >= 0.3 is 0 Å². The van der Waals surface area contributed by atoms with Gasteiger partial charge in [0.25, 0.3) is 0 Å². The van der Waals surface area contributed by atoms with E-state index in [1.54, 1.807) is 0 Å². The van der Waals surface area contributed by atoms with E-state index in [1.807, 2.05) is 45.0 Å². The van der Waals surface area contributed by atoms with Crippen LogP contribution in [0.4, 0.5) is 11.6 Å². The van der Waals surface area contributed by atoms with Crippen LogP contribution in [0.1, 0.15) is 17.0 Å². The minimum absolute atomic E-state index is 0. The first-order valence-electron chi connectivity index (χ1n) is 5.40. The lowest BCUT2D eigenvalue weighted by molar-refractivity contribution is -0.00000383. The molecule has 0 spiro atoms. The lowest BCUT2D eigenvalue weighted by Gasteiger charge is -2.09. The van der Waals surface area contributed by atoms with Gasteiger partial charge in [-0.05, 0) is 50.6 Å². The Morgan fingerprint density at radius 1 is 1.00 bits per heavy atom. The molecule has 0 saturated carbocycles. The van der Waals surface area contributed by atoms with E-state index in [4.69, 9.17) is 11.6 Å². The second kappa shape index (κ2) is 6.03. The predicted molar refractivity (Wildman–Crippen MR) is 71.0 cm³/mol. The summed E-state index contributed by atoms with van der Waals surface area (Å²) in [7, 11) is 0. The van der Waals surface area contributed by atoms with Crippen molar-refractivity contribution < 1.29 is 12.4 Å². The molecule has 0 aliphatic heterocycles. The van der Waals surface area contributed by atoms with E-state index in [0.717, 1.165) is 27.7 Å². The van der Waals surface area contributed by atoms with E-state index in [9.17, 15) is 0 Å². The standard InChI is InChI=1S/C13H14ClN3.ClH/c1-8-6-11(14)4-5-12(8)17-13-15-9(2)7-10(3)16-13;/h4-7H,1-3H3,(H,15,16,17);1H/p-1. The average Bonchev–Trinajstić information content (AvgIpc) is 2.21. The molecular weight excluding hydrogens is 269 g/mol. The number of aromatic nitrogens is 2. The molecule has 3 nitrogen and oxygen atoms in total. The predicted octanol–water partition coefficient (Wildman–Crippen LogP) is 0.803. The van der Waals surface area contributed by atoms with Crippen LogP contribution in [0, 0.1) is 20.8 Å². The molecule has 2 rings (SSSR count). The van der Waals surface area contributed by atoms with Gasteiger partial charge in [0.05, 0.1) is 0 Å². The molecule has 1 heterocycles. The molecule has 1 aromatic heterocycles. The quantitative estimate of drug-likeness (QED) is 0.886. The minimum Gasteiger partial charge on any atom is -1.00 e. The summed E-state index contributed by atoms with van der Waals surface area (Å²) in [6.07, 6.45) is 0. The van der Waals surface area contributed by atoms with Crippen molar-refractivity contribution in [2.45, 2.75) is 20.8 Å². The van der Waals surface area contributed by atoms with Crippen molar-refractivity contribution in [3.8, 4) is 0 Å². The Morgan fingerprint density at radius 3 is 2.17 bits per heavy atom. The van der Waals surface area contributed by atoms with Crippen molar-refractivity contribution in [1.29, 1.82) is 0 Å². The Balaban J connectivity index is 0.00000162. The van der Waals surface area contributed by atoms with E-state index in [-0.39, 0.29) is 12.4 Å². The Bertz CT molecular complexity index is 536. The van der Waals surface area contributed by atoms with Crippen LogP contribution in [-0.4, -0.2) is 9.97 Å². The highest BCUT2D eigenvalue weighted by molar-refractivity contribution is 6.30. The van der Waals surface area contributed by atoms with Gasteiger partial charge in [0.2, 0.25) is 5.95 Å². The van der Waals surface area contributed by atoms with Gasteiger partial charge in [0.15, 0.2) is 0 Å². The van der Waals surface area contributed by atoms with E-state index >= 15 is 0 Å².